The maximum Gasteiger partial charge on any atom is 0.133 e. The van der Waals surface area contributed by atoms with E-state index in [-0.39, 0.29) is 6.10 Å². The fourth-order valence-electron chi connectivity index (χ4n) is 4.46. The molecule has 0 aliphatic carbocycles. The highest BCUT2D eigenvalue weighted by molar-refractivity contribution is 6.12. The van der Waals surface area contributed by atoms with Crippen LogP contribution in [0.15, 0.2) is 97.1 Å². The Morgan fingerprint density at radius 3 is 2.21 bits per heavy atom. The van der Waals surface area contributed by atoms with E-state index >= 15 is 0 Å². The van der Waals surface area contributed by atoms with Gasteiger partial charge in [0, 0.05) is 17.5 Å². The van der Waals surface area contributed by atoms with E-state index in [1.165, 1.54) is 38.6 Å². The van der Waals surface area contributed by atoms with Crippen LogP contribution in [0.2, 0.25) is 0 Å². The van der Waals surface area contributed by atoms with Crippen LogP contribution in [0.1, 0.15) is 17.2 Å². The van der Waals surface area contributed by atoms with Gasteiger partial charge in [-0.3, -0.25) is 0 Å². The lowest BCUT2D eigenvalue weighted by Crippen LogP contribution is -2.02. The summed E-state index contributed by atoms with van der Waals surface area (Å²) in [5, 5.41) is 2.46. The quantitative estimate of drug-likeness (QED) is 0.352. The van der Waals surface area contributed by atoms with Crippen LogP contribution in [0.3, 0.4) is 0 Å². The molecule has 2 heteroatoms. The van der Waals surface area contributed by atoms with Crippen molar-refractivity contribution >= 4 is 21.8 Å². The summed E-state index contributed by atoms with van der Waals surface area (Å²) in [6, 6.07) is 34.2. The summed E-state index contributed by atoms with van der Waals surface area (Å²) in [6.07, 6.45) is 1.00. The molecule has 0 N–H and O–H groups in total. The van der Waals surface area contributed by atoms with Crippen LogP contribution >= 0.6 is 0 Å². The van der Waals surface area contributed by atoms with Crippen molar-refractivity contribution in [2.45, 2.75) is 12.5 Å². The van der Waals surface area contributed by atoms with Gasteiger partial charge in [-0.15, -0.1) is 0 Å². The van der Waals surface area contributed by atoms with E-state index in [0.29, 0.717) is 0 Å². The minimum atomic E-state index is 0.0839. The zero-order valence-corrected chi connectivity index (χ0v) is 15.4. The molecule has 2 nitrogen and oxygen atoms in total. The van der Waals surface area contributed by atoms with Gasteiger partial charge in [-0.05, 0) is 35.4 Å². The predicted octanol–water partition coefficient (Wildman–Crippen LogP) is 6.46. The number of ether oxygens (including phenoxy) is 1. The van der Waals surface area contributed by atoms with Gasteiger partial charge >= 0.3 is 0 Å². The minimum Gasteiger partial charge on any atom is -0.484 e. The van der Waals surface area contributed by atoms with Crippen molar-refractivity contribution in [3.05, 3.63) is 108 Å². The third-order valence-electron chi connectivity index (χ3n) is 5.72. The number of aromatic nitrogens is 1. The first-order chi connectivity index (χ1) is 13.9. The van der Waals surface area contributed by atoms with Gasteiger partial charge in [-0.2, -0.15) is 0 Å². The Hall–Kier alpha value is -3.52. The van der Waals surface area contributed by atoms with Gasteiger partial charge in [0.1, 0.15) is 11.9 Å². The van der Waals surface area contributed by atoms with E-state index in [0.717, 1.165) is 12.2 Å². The van der Waals surface area contributed by atoms with Gasteiger partial charge in [0.25, 0.3) is 0 Å². The maximum absolute atomic E-state index is 6.55. The molecule has 0 amide bonds. The second-order valence-corrected chi connectivity index (χ2v) is 7.36. The van der Waals surface area contributed by atoms with E-state index in [1.807, 2.05) is 0 Å². The van der Waals surface area contributed by atoms with Crippen LogP contribution in [0.25, 0.3) is 27.5 Å². The van der Waals surface area contributed by atoms with Crippen LogP contribution in [-0.2, 0) is 6.42 Å². The monoisotopic (exact) mass is 361 g/mol. The normalized spacial score (nSPS) is 15.6. The van der Waals surface area contributed by atoms with Crippen molar-refractivity contribution < 1.29 is 4.74 Å². The van der Waals surface area contributed by atoms with Crippen molar-refractivity contribution in [3.8, 4) is 11.4 Å². The molecule has 2 heterocycles. The Morgan fingerprint density at radius 1 is 0.679 bits per heavy atom. The van der Waals surface area contributed by atoms with Crippen molar-refractivity contribution in [1.82, 2.24) is 4.57 Å². The molecule has 0 fully saturated rings. The Bertz CT molecular complexity index is 1300. The highest BCUT2D eigenvalue weighted by Gasteiger charge is 2.28. The molecule has 6 rings (SSSR count). The Balaban J connectivity index is 1.62. The topological polar surface area (TPSA) is 14.2 Å². The highest BCUT2D eigenvalue weighted by Crippen LogP contribution is 2.45. The first kappa shape index (κ1) is 15.5. The number of hydrogen-bond acceptors (Lipinski definition) is 1. The molecular weight excluding hydrogens is 342 g/mol. The predicted molar refractivity (Wildman–Crippen MR) is 114 cm³/mol. The van der Waals surface area contributed by atoms with Crippen LogP contribution < -0.4 is 4.74 Å². The smallest absolute Gasteiger partial charge is 0.133 e. The summed E-state index contributed by atoms with van der Waals surface area (Å²) in [5.74, 6) is 1.04. The summed E-state index contributed by atoms with van der Waals surface area (Å²) >= 11 is 0. The average molecular weight is 361 g/mol. The largest absolute Gasteiger partial charge is 0.484 e. The molecule has 1 aliphatic heterocycles. The third-order valence-corrected chi connectivity index (χ3v) is 5.72. The Kier molecular flexibility index (Phi) is 3.33. The fourth-order valence-corrected chi connectivity index (χ4v) is 4.46. The molecular formula is C26H19NO. The van der Waals surface area contributed by atoms with Crippen molar-refractivity contribution in [3.63, 3.8) is 0 Å². The molecule has 5 aromatic rings. The number of benzene rings is 4. The zero-order chi connectivity index (χ0) is 18.5. The summed E-state index contributed by atoms with van der Waals surface area (Å²) in [4.78, 5) is 0. The lowest BCUT2D eigenvalue weighted by atomic mass is 10.0. The molecule has 1 aliphatic rings. The molecule has 4 aromatic carbocycles. The Morgan fingerprint density at radius 2 is 1.39 bits per heavy atom. The molecule has 1 aromatic heterocycles. The highest BCUT2D eigenvalue weighted by atomic mass is 16.5. The number of hydrogen-bond donors (Lipinski definition) is 0. The van der Waals surface area contributed by atoms with E-state index in [1.54, 1.807) is 0 Å². The van der Waals surface area contributed by atoms with E-state index < -0.39 is 0 Å². The van der Waals surface area contributed by atoms with Gasteiger partial charge in [-0.25, -0.2) is 0 Å². The maximum atomic E-state index is 6.55. The van der Waals surface area contributed by atoms with Gasteiger partial charge in [0.05, 0.1) is 16.4 Å². The standard InChI is InChI=1S/C26H19NO/c1-3-9-18(10-4-1)24-17-19-15-16-23-25(26(19)28-24)21-13-7-8-14-22(21)27(23)20-11-5-2-6-12-20/h1-16,24H,17H2. The van der Waals surface area contributed by atoms with Gasteiger partial charge in [0.15, 0.2) is 0 Å². The summed E-state index contributed by atoms with van der Waals surface area (Å²) in [6.45, 7) is 0. The van der Waals surface area contributed by atoms with Crippen LogP contribution in [0.4, 0.5) is 0 Å². The third kappa shape index (κ3) is 2.21. The molecule has 0 radical (unpaired) electrons. The van der Waals surface area contributed by atoms with E-state index in [9.17, 15) is 0 Å². The lowest BCUT2D eigenvalue weighted by Gasteiger charge is -2.11. The molecule has 28 heavy (non-hydrogen) atoms. The van der Waals surface area contributed by atoms with Crippen molar-refractivity contribution in [2.75, 3.05) is 0 Å². The molecule has 0 spiro atoms. The summed E-state index contributed by atoms with van der Waals surface area (Å²) in [5.41, 5.74) is 6.10. The number of para-hydroxylation sites is 2. The summed E-state index contributed by atoms with van der Waals surface area (Å²) < 4.78 is 8.89. The van der Waals surface area contributed by atoms with E-state index in [2.05, 4.69) is 102 Å². The summed E-state index contributed by atoms with van der Waals surface area (Å²) in [7, 11) is 0. The van der Waals surface area contributed by atoms with Gasteiger partial charge < -0.3 is 9.30 Å². The van der Waals surface area contributed by atoms with E-state index in [4.69, 9.17) is 4.74 Å². The second kappa shape index (κ2) is 6.00. The second-order valence-electron chi connectivity index (χ2n) is 7.36. The van der Waals surface area contributed by atoms with Crippen LogP contribution in [0.5, 0.6) is 5.75 Å². The fraction of sp³-hybridized carbons (Fsp3) is 0.0769. The minimum absolute atomic E-state index is 0.0839. The van der Waals surface area contributed by atoms with Crippen molar-refractivity contribution in [2.24, 2.45) is 0 Å². The van der Waals surface area contributed by atoms with Gasteiger partial charge in [-0.1, -0.05) is 72.8 Å². The molecule has 0 saturated heterocycles. The lowest BCUT2D eigenvalue weighted by molar-refractivity contribution is 0.241. The first-order valence-electron chi connectivity index (χ1n) is 9.72. The molecule has 134 valence electrons. The molecule has 0 saturated carbocycles. The van der Waals surface area contributed by atoms with Crippen molar-refractivity contribution in [1.29, 1.82) is 0 Å². The SMILES string of the molecule is c1ccc(C2Cc3ccc4c(c3O2)c2ccccc2n4-c2ccccc2)cc1. The van der Waals surface area contributed by atoms with Gasteiger partial charge in [0.2, 0.25) is 0 Å². The number of nitrogens with zero attached hydrogens (tertiary/aromatic N) is 1. The molecule has 0 bridgehead atoms. The number of rotatable bonds is 2. The Labute approximate surface area is 163 Å². The van der Waals surface area contributed by atoms with Crippen LogP contribution in [-0.4, -0.2) is 4.57 Å². The first-order valence-corrected chi connectivity index (χ1v) is 9.72. The van der Waals surface area contributed by atoms with Crippen LogP contribution in [0, 0.1) is 0 Å². The zero-order valence-electron chi connectivity index (χ0n) is 15.4. The number of fused-ring (bicyclic) bond motifs is 5. The molecule has 1 unspecified atom stereocenters. The molecule has 1 atom stereocenters. The average Bonchev–Trinajstić information content (AvgIpc) is 3.34.